The van der Waals surface area contributed by atoms with Crippen molar-refractivity contribution in [3.05, 3.63) is 84.7 Å². The molecule has 0 spiro atoms. The molecule has 0 unspecified atom stereocenters. The zero-order valence-electron chi connectivity index (χ0n) is 11.1. The summed E-state index contributed by atoms with van der Waals surface area (Å²) in [5, 5.41) is 0. The van der Waals surface area contributed by atoms with Gasteiger partial charge in [0.2, 0.25) is 0 Å². The monoisotopic (exact) mass is 261 g/mol. The number of para-hydroxylation sites is 1. The maximum Gasteiger partial charge on any atom is 0.127 e. The minimum atomic E-state index is 0.548. The molecule has 1 aromatic heterocycles. The second-order valence-electron chi connectivity index (χ2n) is 4.51. The summed E-state index contributed by atoms with van der Waals surface area (Å²) in [6.07, 6.45) is 3.56. The van der Waals surface area contributed by atoms with Crippen LogP contribution in [-0.2, 0) is 6.61 Å². The summed E-state index contributed by atoms with van der Waals surface area (Å²) in [6, 6.07) is 22.3. The third kappa shape index (κ3) is 2.86. The van der Waals surface area contributed by atoms with Gasteiger partial charge in [0.1, 0.15) is 12.4 Å². The smallest absolute Gasteiger partial charge is 0.127 e. The van der Waals surface area contributed by atoms with Gasteiger partial charge in [0.25, 0.3) is 0 Å². The fourth-order valence-electron chi connectivity index (χ4n) is 2.09. The van der Waals surface area contributed by atoms with Gasteiger partial charge in [-0.25, -0.2) is 0 Å². The first-order valence-corrected chi connectivity index (χ1v) is 6.59. The van der Waals surface area contributed by atoms with Gasteiger partial charge in [-0.2, -0.15) is 0 Å². The maximum absolute atomic E-state index is 5.95. The van der Waals surface area contributed by atoms with Crippen molar-refractivity contribution in [1.29, 1.82) is 0 Å². The van der Waals surface area contributed by atoms with Crippen molar-refractivity contribution in [2.75, 3.05) is 0 Å². The second kappa shape index (κ2) is 6.02. The average Bonchev–Trinajstić information content (AvgIpc) is 2.55. The highest BCUT2D eigenvalue weighted by Crippen LogP contribution is 2.29. The molecular formula is C18H15NO. The number of pyridine rings is 1. The number of aromatic nitrogens is 1. The highest BCUT2D eigenvalue weighted by atomic mass is 16.5. The van der Waals surface area contributed by atoms with Crippen LogP contribution in [-0.4, -0.2) is 4.98 Å². The van der Waals surface area contributed by atoms with Crippen LogP contribution in [0, 0.1) is 0 Å². The molecule has 0 amide bonds. The predicted molar refractivity (Wildman–Crippen MR) is 80.4 cm³/mol. The molecule has 3 aromatic rings. The number of ether oxygens (including phenoxy) is 1. The molecule has 1 heterocycles. The molecule has 2 heteroatoms. The Balaban J connectivity index is 1.84. The molecule has 0 fully saturated rings. The summed E-state index contributed by atoms with van der Waals surface area (Å²) in [6.45, 7) is 0.548. The van der Waals surface area contributed by atoms with E-state index in [2.05, 4.69) is 23.2 Å². The normalized spacial score (nSPS) is 10.2. The molecule has 0 saturated carbocycles. The van der Waals surface area contributed by atoms with Crippen molar-refractivity contribution in [2.24, 2.45) is 0 Å². The molecule has 0 aliphatic carbocycles. The van der Waals surface area contributed by atoms with Crippen molar-refractivity contribution in [3.8, 4) is 16.9 Å². The lowest BCUT2D eigenvalue weighted by Gasteiger charge is -2.11. The third-order valence-corrected chi connectivity index (χ3v) is 3.12. The maximum atomic E-state index is 5.95. The third-order valence-electron chi connectivity index (χ3n) is 3.12. The lowest BCUT2D eigenvalue weighted by Crippen LogP contribution is -1.96. The van der Waals surface area contributed by atoms with E-state index in [1.54, 1.807) is 12.4 Å². The Labute approximate surface area is 118 Å². The zero-order valence-corrected chi connectivity index (χ0v) is 11.1. The molecular weight excluding hydrogens is 246 g/mol. The standard InChI is InChI=1S/C18H15NO/c1-2-6-16(7-3-1)17-8-4-5-9-18(17)20-14-15-10-12-19-13-11-15/h1-13H,14H2. The first-order chi connectivity index (χ1) is 9.93. The van der Waals surface area contributed by atoms with Crippen molar-refractivity contribution >= 4 is 0 Å². The van der Waals surface area contributed by atoms with Crippen molar-refractivity contribution in [3.63, 3.8) is 0 Å². The summed E-state index contributed by atoms with van der Waals surface area (Å²) < 4.78 is 5.95. The molecule has 98 valence electrons. The first kappa shape index (κ1) is 12.4. The van der Waals surface area contributed by atoms with Crippen LogP contribution in [0.1, 0.15) is 5.56 Å². The van der Waals surface area contributed by atoms with E-state index < -0.39 is 0 Å². The van der Waals surface area contributed by atoms with Crippen molar-refractivity contribution in [2.45, 2.75) is 6.61 Å². The van der Waals surface area contributed by atoms with Crippen LogP contribution in [0.25, 0.3) is 11.1 Å². The summed E-state index contributed by atoms with van der Waals surface area (Å²) in [4.78, 5) is 4.01. The number of hydrogen-bond donors (Lipinski definition) is 0. The van der Waals surface area contributed by atoms with E-state index in [1.165, 1.54) is 0 Å². The van der Waals surface area contributed by atoms with Crippen molar-refractivity contribution < 1.29 is 4.74 Å². The molecule has 20 heavy (non-hydrogen) atoms. The van der Waals surface area contributed by atoms with Crippen LogP contribution in [0.3, 0.4) is 0 Å². The minimum Gasteiger partial charge on any atom is -0.488 e. The molecule has 2 aromatic carbocycles. The average molecular weight is 261 g/mol. The van der Waals surface area contributed by atoms with Crippen LogP contribution >= 0.6 is 0 Å². The highest BCUT2D eigenvalue weighted by molar-refractivity contribution is 5.70. The van der Waals surface area contributed by atoms with Gasteiger partial charge in [-0.1, -0.05) is 48.5 Å². The van der Waals surface area contributed by atoms with Gasteiger partial charge in [-0.15, -0.1) is 0 Å². The Kier molecular flexibility index (Phi) is 3.74. The van der Waals surface area contributed by atoms with Crippen LogP contribution < -0.4 is 4.74 Å². The number of benzene rings is 2. The van der Waals surface area contributed by atoms with E-state index in [4.69, 9.17) is 4.74 Å². The highest BCUT2D eigenvalue weighted by Gasteiger charge is 2.05. The van der Waals surface area contributed by atoms with E-state index >= 15 is 0 Å². The molecule has 0 saturated heterocycles. The predicted octanol–water partition coefficient (Wildman–Crippen LogP) is 4.33. The molecule has 3 rings (SSSR count). The van der Waals surface area contributed by atoms with E-state index in [-0.39, 0.29) is 0 Å². The van der Waals surface area contributed by atoms with Gasteiger partial charge in [-0.05, 0) is 29.3 Å². The lowest BCUT2D eigenvalue weighted by atomic mass is 10.1. The Hall–Kier alpha value is -2.61. The molecule has 0 aliphatic heterocycles. The Morgan fingerprint density at radius 1 is 0.750 bits per heavy atom. The largest absolute Gasteiger partial charge is 0.488 e. The number of hydrogen-bond acceptors (Lipinski definition) is 2. The van der Waals surface area contributed by atoms with Gasteiger partial charge < -0.3 is 4.74 Å². The van der Waals surface area contributed by atoms with E-state index in [0.29, 0.717) is 6.61 Å². The van der Waals surface area contributed by atoms with Crippen molar-refractivity contribution in [1.82, 2.24) is 4.98 Å². The Bertz CT molecular complexity index is 665. The summed E-state index contributed by atoms with van der Waals surface area (Å²) in [5.74, 6) is 0.899. The van der Waals surface area contributed by atoms with Gasteiger partial charge in [0, 0.05) is 18.0 Å². The van der Waals surface area contributed by atoms with Crippen LogP contribution in [0.15, 0.2) is 79.1 Å². The Morgan fingerprint density at radius 2 is 1.45 bits per heavy atom. The van der Waals surface area contributed by atoms with E-state index in [0.717, 1.165) is 22.4 Å². The summed E-state index contributed by atoms with van der Waals surface area (Å²) >= 11 is 0. The number of nitrogens with zero attached hydrogens (tertiary/aromatic N) is 1. The molecule has 2 nitrogen and oxygen atoms in total. The molecule has 0 aliphatic rings. The van der Waals surface area contributed by atoms with Gasteiger partial charge in [0.15, 0.2) is 0 Å². The van der Waals surface area contributed by atoms with Crippen LogP contribution in [0.2, 0.25) is 0 Å². The fourth-order valence-corrected chi connectivity index (χ4v) is 2.09. The second-order valence-corrected chi connectivity index (χ2v) is 4.51. The zero-order chi connectivity index (χ0) is 13.6. The van der Waals surface area contributed by atoms with Crippen LogP contribution in [0.4, 0.5) is 0 Å². The van der Waals surface area contributed by atoms with Crippen LogP contribution in [0.5, 0.6) is 5.75 Å². The molecule has 0 bridgehead atoms. The van der Waals surface area contributed by atoms with E-state index in [1.807, 2.05) is 48.5 Å². The Morgan fingerprint density at radius 3 is 2.25 bits per heavy atom. The minimum absolute atomic E-state index is 0.548. The molecule has 0 N–H and O–H groups in total. The summed E-state index contributed by atoms with van der Waals surface area (Å²) in [5.41, 5.74) is 3.39. The van der Waals surface area contributed by atoms with Gasteiger partial charge in [-0.3, -0.25) is 4.98 Å². The topological polar surface area (TPSA) is 22.1 Å². The van der Waals surface area contributed by atoms with Gasteiger partial charge in [0.05, 0.1) is 0 Å². The molecule has 0 atom stereocenters. The van der Waals surface area contributed by atoms with Gasteiger partial charge >= 0.3 is 0 Å². The molecule has 0 radical (unpaired) electrons. The summed E-state index contributed by atoms with van der Waals surface area (Å²) in [7, 11) is 0. The SMILES string of the molecule is c1ccc(-c2ccccc2OCc2ccncc2)cc1. The van der Waals surface area contributed by atoms with E-state index in [9.17, 15) is 0 Å². The quantitative estimate of drug-likeness (QED) is 0.697. The fraction of sp³-hybridized carbons (Fsp3) is 0.0556. The first-order valence-electron chi connectivity index (χ1n) is 6.59. The lowest BCUT2D eigenvalue weighted by molar-refractivity contribution is 0.307. The number of rotatable bonds is 4.